The van der Waals surface area contributed by atoms with Crippen LogP contribution in [0, 0.1) is 0 Å². The van der Waals surface area contributed by atoms with Crippen LogP contribution in [0.4, 0.5) is 0 Å². The van der Waals surface area contributed by atoms with E-state index in [1.165, 1.54) is 7.11 Å². The zero-order valence-electron chi connectivity index (χ0n) is 15.2. The van der Waals surface area contributed by atoms with Gasteiger partial charge in [0.1, 0.15) is 24.7 Å². The average Bonchev–Trinajstić information content (AvgIpc) is 2.71. The summed E-state index contributed by atoms with van der Waals surface area (Å²) < 4.78 is 26.4. The summed E-state index contributed by atoms with van der Waals surface area (Å²) in [7, 11) is 3.06. The number of ether oxygens (including phenoxy) is 5. The van der Waals surface area contributed by atoms with Gasteiger partial charge in [0, 0.05) is 17.2 Å². The summed E-state index contributed by atoms with van der Waals surface area (Å²) in [5.41, 5.74) is 1.05. The number of methoxy groups -OCH3 is 2. The van der Waals surface area contributed by atoms with Crippen molar-refractivity contribution in [2.45, 2.75) is 6.42 Å². The number of rotatable bonds is 7. The van der Waals surface area contributed by atoms with E-state index in [0.717, 1.165) is 0 Å². The van der Waals surface area contributed by atoms with Crippen molar-refractivity contribution in [3.8, 4) is 23.0 Å². The number of fused-ring (bicyclic) bond motifs is 1. The van der Waals surface area contributed by atoms with Gasteiger partial charge in [0.15, 0.2) is 23.9 Å². The second-order valence-corrected chi connectivity index (χ2v) is 5.80. The van der Waals surface area contributed by atoms with E-state index >= 15 is 0 Å². The molecule has 2 aromatic carbocycles. The standard InChI is InChI=1S/C20H20O7/c1-23-15-5-3-14(18(11-15)24-2)10-20(22)27-12-16(21)13-4-6-17-19(9-13)26-8-7-25-17/h3-6,9,11H,7-8,10,12H2,1-2H3. The normalized spacial score (nSPS) is 12.2. The minimum Gasteiger partial charge on any atom is -0.497 e. The third-order valence-corrected chi connectivity index (χ3v) is 4.06. The molecule has 0 N–H and O–H groups in total. The van der Waals surface area contributed by atoms with Crippen LogP contribution in [0.2, 0.25) is 0 Å². The second-order valence-electron chi connectivity index (χ2n) is 5.80. The molecule has 1 aliphatic heterocycles. The Hall–Kier alpha value is -3.22. The zero-order valence-corrected chi connectivity index (χ0v) is 15.2. The third kappa shape index (κ3) is 4.49. The third-order valence-electron chi connectivity index (χ3n) is 4.06. The predicted octanol–water partition coefficient (Wildman–Crippen LogP) is 2.44. The molecule has 0 saturated heterocycles. The summed E-state index contributed by atoms with van der Waals surface area (Å²) in [5.74, 6) is 1.41. The van der Waals surface area contributed by atoms with E-state index in [1.807, 2.05) is 0 Å². The summed E-state index contributed by atoms with van der Waals surface area (Å²) in [6.07, 6.45) is -0.0123. The van der Waals surface area contributed by atoms with Crippen LogP contribution in [-0.4, -0.2) is 45.8 Å². The van der Waals surface area contributed by atoms with Crippen LogP contribution in [0.3, 0.4) is 0 Å². The zero-order chi connectivity index (χ0) is 19.2. The van der Waals surface area contributed by atoms with Crippen LogP contribution < -0.4 is 18.9 Å². The molecule has 0 saturated carbocycles. The SMILES string of the molecule is COc1ccc(CC(=O)OCC(=O)c2ccc3c(c2)OCCO3)c(OC)c1. The van der Waals surface area contributed by atoms with Gasteiger partial charge >= 0.3 is 5.97 Å². The van der Waals surface area contributed by atoms with Gasteiger partial charge in [-0.1, -0.05) is 6.07 Å². The number of carbonyl (C=O) groups excluding carboxylic acids is 2. The highest BCUT2D eigenvalue weighted by atomic mass is 16.6. The Morgan fingerprint density at radius 2 is 1.74 bits per heavy atom. The molecule has 0 spiro atoms. The highest BCUT2D eigenvalue weighted by Crippen LogP contribution is 2.31. The number of benzene rings is 2. The maximum Gasteiger partial charge on any atom is 0.310 e. The van der Waals surface area contributed by atoms with Crippen molar-refractivity contribution in [1.29, 1.82) is 0 Å². The Morgan fingerprint density at radius 1 is 0.963 bits per heavy atom. The largest absolute Gasteiger partial charge is 0.497 e. The molecule has 0 bridgehead atoms. The van der Waals surface area contributed by atoms with E-state index in [4.69, 9.17) is 23.7 Å². The van der Waals surface area contributed by atoms with Gasteiger partial charge in [-0.25, -0.2) is 0 Å². The maximum absolute atomic E-state index is 12.3. The van der Waals surface area contributed by atoms with Gasteiger partial charge in [0.25, 0.3) is 0 Å². The molecule has 3 rings (SSSR count). The molecule has 0 aliphatic carbocycles. The van der Waals surface area contributed by atoms with Gasteiger partial charge in [0.2, 0.25) is 0 Å². The van der Waals surface area contributed by atoms with Crippen LogP contribution >= 0.6 is 0 Å². The van der Waals surface area contributed by atoms with Crippen LogP contribution in [0.5, 0.6) is 23.0 Å². The Balaban J connectivity index is 1.58. The van der Waals surface area contributed by atoms with Crippen LogP contribution in [-0.2, 0) is 16.0 Å². The summed E-state index contributed by atoms with van der Waals surface area (Å²) >= 11 is 0. The highest BCUT2D eigenvalue weighted by Gasteiger charge is 2.17. The molecule has 0 aromatic heterocycles. The van der Waals surface area contributed by atoms with Gasteiger partial charge < -0.3 is 23.7 Å². The van der Waals surface area contributed by atoms with E-state index in [2.05, 4.69) is 0 Å². The van der Waals surface area contributed by atoms with Gasteiger partial charge in [-0.05, 0) is 24.3 Å². The Kier molecular flexibility index (Phi) is 5.80. The molecule has 142 valence electrons. The van der Waals surface area contributed by atoms with E-state index in [0.29, 0.717) is 47.3 Å². The first-order chi connectivity index (χ1) is 13.1. The van der Waals surface area contributed by atoms with Crippen molar-refractivity contribution in [3.05, 3.63) is 47.5 Å². The Bertz CT molecular complexity index is 844. The lowest BCUT2D eigenvalue weighted by Gasteiger charge is -2.18. The van der Waals surface area contributed by atoms with Crippen LogP contribution in [0.1, 0.15) is 15.9 Å². The van der Waals surface area contributed by atoms with Crippen molar-refractivity contribution in [1.82, 2.24) is 0 Å². The summed E-state index contributed by atoms with van der Waals surface area (Å²) in [6.45, 7) is 0.562. The molecule has 0 amide bonds. The lowest BCUT2D eigenvalue weighted by atomic mass is 10.1. The molecule has 0 radical (unpaired) electrons. The number of esters is 1. The first-order valence-corrected chi connectivity index (χ1v) is 8.40. The molecular weight excluding hydrogens is 352 g/mol. The second kappa shape index (κ2) is 8.44. The quantitative estimate of drug-likeness (QED) is 0.545. The number of Topliss-reactive ketones (excluding diaryl/α,β-unsaturated/α-hetero) is 1. The molecular formula is C20H20O7. The van der Waals surface area contributed by atoms with Gasteiger partial charge in [-0.2, -0.15) is 0 Å². The smallest absolute Gasteiger partial charge is 0.310 e. The van der Waals surface area contributed by atoms with Crippen molar-refractivity contribution in [2.75, 3.05) is 34.0 Å². The molecule has 2 aromatic rings. The molecule has 1 aliphatic rings. The monoisotopic (exact) mass is 372 g/mol. The number of hydrogen-bond donors (Lipinski definition) is 0. The minimum atomic E-state index is -0.524. The molecule has 0 fully saturated rings. The molecule has 7 nitrogen and oxygen atoms in total. The maximum atomic E-state index is 12.3. The van der Waals surface area contributed by atoms with Crippen molar-refractivity contribution >= 4 is 11.8 Å². The van der Waals surface area contributed by atoms with Crippen LogP contribution in [0.15, 0.2) is 36.4 Å². The highest BCUT2D eigenvalue weighted by molar-refractivity contribution is 5.98. The van der Waals surface area contributed by atoms with Gasteiger partial charge in [-0.3, -0.25) is 9.59 Å². The van der Waals surface area contributed by atoms with E-state index in [-0.39, 0.29) is 18.8 Å². The van der Waals surface area contributed by atoms with E-state index < -0.39 is 5.97 Å². The molecule has 7 heteroatoms. The van der Waals surface area contributed by atoms with E-state index in [9.17, 15) is 9.59 Å². The molecule has 1 heterocycles. The fraction of sp³-hybridized carbons (Fsp3) is 0.300. The fourth-order valence-electron chi connectivity index (χ4n) is 2.65. The summed E-state index contributed by atoms with van der Waals surface area (Å²) in [6, 6.07) is 10.0. The topological polar surface area (TPSA) is 80.3 Å². The van der Waals surface area contributed by atoms with Crippen LogP contribution in [0.25, 0.3) is 0 Å². The fourth-order valence-corrected chi connectivity index (χ4v) is 2.65. The van der Waals surface area contributed by atoms with Crippen molar-refractivity contribution < 1.29 is 33.3 Å². The van der Waals surface area contributed by atoms with Gasteiger partial charge in [-0.15, -0.1) is 0 Å². The summed E-state index contributed by atoms with van der Waals surface area (Å²) in [5, 5.41) is 0. The first kappa shape index (κ1) is 18.6. The predicted molar refractivity (Wildman–Crippen MR) is 96.0 cm³/mol. The number of ketones is 1. The summed E-state index contributed by atoms with van der Waals surface area (Å²) in [4.78, 5) is 24.4. The number of carbonyl (C=O) groups is 2. The lowest BCUT2D eigenvalue weighted by Crippen LogP contribution is -2.18. The lowest BCUT2D eigenvalue weighted by molar-refractivity contribution is -0.141. The van der Waals surface area contributed by atoms with Crippen molar-refractivity contribution in [3.63, 3.8) is 0 Å². The van der Waals surface area contributed by atoms with Gasteiger partial charge in [0.05, 0.1) is 20.6 Å². The Morgan fingerprint density at radius 3 is 2.48 bits per heavy atom. The molecule has 0 unspecified atom stereocenters. The molecule has 0 atom stereocenters. The first-order valence-electron chi connectivity index (χ1n) is 8.40. The Labute approximate surface area is 156 Å². The minimum absolute atomic E-state index is 0.0123. The van der Waals surface area contributed by atoms with E-state index in [1.54, 1.807) is 43.5 Å². The van der Waals surface area contributed by atoms with Crippen molar-refractivity contribution in [2.24, 2.45) is 0 Å². The average molecular weight is 372 g/mol. The molecule has 27 heavy (non-hydrogen) atoms. The number of hydrogen-bond acceptors (Lipinski definition) is 7.